The average molecular weight is 434 g/mol. The fraction of sp³-hybridized carbons (Fsp3) is 0. The molecule has 0 aliphatic carbocycles. The first-order valence-corrected chi connectivity index (χ1v) is 9.38. The molecule has 0 spiro atoms. The number of phenols is 5. The van der Waals surface area contributed by atoms with E-state index < -0.39 is 0 Å². The Morgan fingerprint density at radius 3 is 1.22 bits per heavy atom. The van der Waals surface area contributed by atoms with Crippen molar-refractivity contribution >= 4 is 0 Å². The maximum Gasteiger partial charge on any atom is 0.173 e. The van der Waals surface area contributed by atoms with Crippen LogP contribution in [0.5, 0.6) is 63.2 Å². The Labute approximate surface area is 182 Å². The van der Waals surface area contributed by atoms with Gasteiger partial charge in [-0.1, -0.05) is 0 Å². The normalized spacial score (nSPS) is 10.5. The molecule has 0 bridgehead atoms. The molecule has 0 unspecified atom stereocenters. The van der Waals surface area contributed by atoms with Crippen LogP contribution in [0.25, 0.3) is 0 Å². The summed E-state index contributed by atoms with van der Waals surface area (Å²) in [4.78, 5) is 0. The van der Waals surface area contributed by atoms with E-state index in [0.717, 1.165) is 0 Å². The van der Waals surface area contributed by atoms with Gasteiger partial charge in [0, 0.05) is 18.2 Å². The third-order valence-corrected chi connectivity index (χ3v) is 4.33. The molecular weight excluding hydrogens is 416 g/mol. The number of hydrogen-bond acceptors (Lipinski definition) is 8. The van der Waals surface area contributed by atoms with Crippen molar-refractivity contribution in [2.75, 3.05) is 0 Å². The van der Waals surface area contributed by atoms with Gasteiger partial charge in [0.05, 0.1) is 0 Å². The lowest BCUT2D eigenvalue weighted by Gasteiger charge is -2.13. The lowest BCUT2D eigenvalue weighted by Crippen LogP contribution is -1.89. The Morgan fingerprint density at radius 1 is 0.375 bits per heavy atom. The van der Waals surface area contributed by atoms with E-state index in [-0.39, 0.29) is 46.0 Å². The molecule has 0 saturated carbocycles. The van der Waals surface area contributed by atoms with E-state index in [1.807, 2.05) is 0 Å². The summed E-state index contributed by atoms with van der Waals surface area (Å²) >= 11 is 0. The fourth-order valence-corrected chi connectivity index (χ4v) is 2.76. The zero-order valence-corrected chi connectivity index (χ0v) is 16.5. The third kappa shape index (κ3) is 4.71. The predicted octanol–water partition coefficient (Wildman–Crippen LogP) is 5.59. The van der Waals surface area contributed by atoms with Gasteiger partial charge in [0.1, 0.15) is 28.7 Å². The van der Waals surface area contributed by atoms with E-state index in [1.54, 1.807) is 24.3 Å². The van der Waals surface area contributed by atoms with Gasteiger partial charge in [-0.3, -0.25) is 0 Å². The van der Waals surface area contributed by atoms with Gasteiger partial charge in [-0.15, -0.1) is 0 Å². The Kier molecular flexibility index (Phi) is 5.50. The first-order chi connectivity index (χ1) is 15.4. The highest BCUT2D eigenvalue weighted by atomic mass is 16.5. The molecule has 5 N–H and O–H groups in total. The SMILES string of the molecule is Oc1ccc(Oc2cc(O)c(Oc3ccc(Oc4cc(O)ccc4O)cc3)cc2O)cc1. The largest absolute Gasteiger partial charge is 0.508 e. The standard InChI is InChI=1S/C24H18O8/c25-14-1-4-16(5-2-14)31-23-12-21(29)24(13-20(23)28)32-18-8-6-17(7-9-18)30-22-11-15(26)3-10-19(22)27/h1-13,25-29H. The quantitative estimate of drug-likeness (QED) is 0.248. The predicted molar refractivity (Wildman–Crippen MR) is 114 cm³/mol. The third-order valence-electron chi connectivity index (χ3n) is 4.33. The fourth-order valence-electron chi connectivity index (χ4n) is 2.76. The average Bonchev–Trinajstić information content (AvgIpc) is 2.77. The molecule has 0 saturated heterocycles. The van der Waals surface area contributed by atoms with Crippen molar-refractivity contribution in [3.63, 3.8) is 0 Å². The molecule has 0 atom stereocenters. The van der Waals surface area contributed by atoms with Gasteiger partial charge < -0.3 is 39.7 Å². The summed E-state index contributed by atoms with van der Waals surface area (Å²) in [6, 6.07) is 18.5. The van der Waals surface area contributed by atoms with Gasteiger partial charge in [0.25, 0.3) is 0 Å². The molecule has 0 aliphatic heterocycles. The maximum atomic E-state index is 10.3. The van der Waals surface area contributed by atoms with Crippen LogP contribution in [0.1, 0.15) is 0 Å². The summed E-state index contributed by atoms with van der Waals surface area (Å²) < 4.78 is 16.7. The van der Waals surface area contributed by atoms with E-state index in [2.05, 4.69) is 0 Å². The van der Waals surface area contributed by atoms with Gasteiger partial charge in [-0.25, -0.2) is 0 Å². The summed E-state index contributed by atoms with van der Waals surface area (Å²) in [6.45, 7) is 0. The maximum absolute atomic E-state index is 10.3. The molecule has 0 aliphatic rings. The highest BCUT2D eigenvalue weighted by molar-refractivity contribution is 5.55. The summed E-state index contributed by atoms with van der Waals surface area (Å²) in [5.74, 6) is 0.557. The van der Waals surface area contributed by atoms with Gasteiger partial charge in [-0.05, 0) is 60.7 Å². The molecule has 32 heavy (non-hydrogen) atoms. The van der Waals surface area contributed by atoms with Crippen LogP contribution in [0.3, 0.4) is 0 Å². The minimum absolute atomic E-state index is 0.000138. The summed E-state index contributed by atoms with van der Waals surface area (Å²) in [7, 11) is 0. The molecule has 0 amide bonds. The van der Waals surface area contributed by atoms with Crippen molar-refractivity contribution < 1.29 is 39.7 Å². The zero-order chi connectivity index (χ0) is 22.7. The molecule has 4 aromatic carbocycles. The van der Waals surface area contributed by atoms with Crippen LogP contribution in [-0.2, 0) is 0 Å². The first-order valence-electron chi connectivity index (χ1n) is 9.38. The van der Waals surface area contributed by atoms with Gasteiger partial charge in [0.15, 0.2) is 34.5 Å². The molecule has 0 heterocycles. The molecule has 8 heteroatoms. The van der Waals surface area contributed by atoms with Crippen LogP contribution >= 0.6 is 0 Å². The second-order valence-electron chi connectivity index (χ2n) is 6.71. The minimum atomic E-state index is -0.262. The number of rotatable bonds is 6. The van der Waals surface area contributed by atoms with Gasteiger partial charge in [-0.2, -0.15) is 0 Å². The molecule has 0 fully saturated rings. The van der Waals surface area contributed by atoms with Crippen LogP contribution in [-0.4, -0.2) is 25.5 Å². The van der Waals surface area contributed by atoms with E-state index in [1.165, 1.54) is 54.6 Å². The molecule has 0 aromatic heterocycles. The van der Waals surface area contributed by atoms with Crippen molar-refractivity contribution in [1.82, 2.24) is 0 Å². The van der Waals surface area contributed by atoms with Crippen molar-refractivity contribution in [3.8, 4) is 63.2 Å². The Morgan fingerprint density at radius 2 is 0.750 bits per heavy atom. The monoisotopic (exact) mass is 434 g/mol. The van der Waals surface area contributed by atoms with Crippen molar-refractivity contribution in [2.24, 2.45) is 0 Å². The summed E-state index contributed by atoms with van der Waals surface area (Å²) in [5.41, 5.74) is 0. The second kappa shape index (κ2) is 8.57. The van der Waals surface area contributed by atoms with Crippen molar-refractivity contribution in [3.05, 3.63) is 78.9 Å². The number of phenolic OH excluding ortho intramolecular Hbond substituents is 5. The van der Waals surface area contributed by atoms with E-state index in [9.17, 15) is 25.5 Å². The van der Waals surface area contributed by atoms with Crippen LogP contribution in [0, 0.1) is 0 Å². The molecule has 0 radical (unpaired) electrons. The topological polar surface area (TPSA) is 129 Å². The number of hydrogen-bond donors (Lipinski definition) is 5. The number of aromatic hydroxyl groups is 5. The lowest BCUT2D eigenvalue weighted by molar-refractivity contribution is 0.381. The molecule has 162 valence electrons. The number of ether oxygens (including phenoxy) is 3. The van der Waals surface area contributed by atoms with Crippen molar-refractivity contribution in [1.29, 1.82) is 0 Å². The molecular formula is C24H18O8. The Hall–Kier alpha value is -4.72. The summed E-state index contributed by atoms with van der Waals surface area (Å²) in [6.07, 6.45) is 0. The molecule has 8 nitrogen and oxygen atoms in total. The van der Waals surface area contributed by atoms with Gasteiger partial charge >= 0.3 is 0 Å². The lowest BCUT2D eigenvalue weighted by atomic mass is 10.2. The highest BCUT2D eigenvalue weighted by Gasteiger charge is 2.13. The number of benzene rings is 4. The summed E-state index contributed by atoms with van der Waals surface area (Å²) in [5, 5.41) is 49.1. The smallest absolute Gasteiger partial charge is 0.173 e. The van der Waals surface area contributed by atoms with Crippen LogP contribution in [0.4, 0.5) is 0 Å². The van der Waals surface area contributed by atoms with E-state index in [4.69, 9.17) is 14.2 Å². The van der Waals surface area contributed by atoms with Crippen LogP contribution < -0.4 is 14.2 Å². The second-order valence-corrected chi connectivity index (χ2v) is 6.71. The Balaban J connectivity index is 1.47. The zero-order valence-electron chi connectivity index (χ0n) is 16.5. The van der Waals surface area contributed by atoms with Crippen LogP contribution in [0.15, 0.2) is 78.9 Å². The highest BCUT2D eigenvalue weighted by Crippen LogP contribution is 2.42. The van der Waals surface area contributed by atoms with E-state index >= 15 is 0 Å². The van der Waals surface area contributed by atoms with Crippen molar-refractivity contribution in [2.45, 2.75) is 0 Å². The molecule has 4 aromatic rings. The van der Waals surface area contributed by atoms with E-state index in [0.29, 0.717) is 17.2 Å². The molecule has 4 rings (SSSR count). The Bertz CT molecular complexity index is 1230. The van der Waals surface area contributed by atoms with Gasteiger partial charge in [0.2, 0.25) is 0 Å². The minimum Gasteiger partial charge on any atom is -0.508 e. The van der Waals surface area contributed by atoms with Crippen LogP contribution in [0.2, 0.25) is 0 Å². The first kappa shape index (κ1) is 20.5.